The molecule has 5 heteroatoms. The summed E-state index contributed by atoms with van der Waals surface area (Å²) in [6.07, 6.45) is 0. The van der Waals surface area contributed by atoms with Gasteiger partial charge >= 0.3 is 0 Å². The first-order valence-corrected chi connectivity index (χ1v) is 24.4. The SMILES string of the molecule is CC1(C)c2ccccc2-c2cccc(-c3nc(-c4ccccc4)nc(-n4c5ccccc5c5cc6c7ccccc7n(-c7cccc(-c8ccc9c%10ccccc%10c%10ccccc%10c9c8)c7)c6cc54)n3)c21. The summed E-state index contributed by atoms with van der Waals surface area (Å²) >= 11 is 0. The van der Waals surface area contributed by atoms with Crippen LogP contribution in [0.25, 0.3) is 133 Å². The van der Waals surface area contributed by atoms with Crippen molar-refractivity contribution in [1.82, 2.24) is 24.1 Å². The first kappa shape index (κ1) is 39.8. The molecular formula is C66H43N5. The maximum atomic E-state index is 5.52. The molecule has 0 saturated carbocycles. The van der Waals surface area contributed by atoms with E-state index in [-0.39, 0.29) is 5.41 Å². The van der Waals surface area contributed by atoms with Crippen molar-refractivity contribution < 1.29 is 0 Å². The van der Waals surface area contributed by atoms with Crippen molar-refractivity contribution in [3.63, 3.8) is 0 Å². The molecule has 0 radical (unpaired) electrons. The molecule has 14 aromatic rings. The van der Waals surface area contributed by atoms with E-state index in [1.807, 2.05) is 18.2 Å². The van der Waals surface area contributed by atoms with Gasteiger partial charge in [0.2, 0.25) is 5.95 Å². The normalized spacial score (nSPS) is 13.0. The van der Waals surface area contributed by atoms with E-state index in [0.717, 1.165) is 55.2 Å². The van der Waals surface area contributed by atoms with Gasteiger partial charge in [0.05, 0.1) is 22.1 Å². The Labute approximate surface area is 409 Å². The summed E-state index contributed by atoms with van der Waals surface area (Å²) in [6, 6.07) is 81.4. The third-order valence-electron chi connectivity index (χ3n) is 15.3. The van der Waals surface area contributed by atoms with E-state index in [0.29, 0.717) is 17.6 Å². The van der Waals surface area contributed by atoms with Crippen LogP contribution in [0.15, 0.2) is 224 Å². The minimum absolute atomic E-state index is 0.261. The fourth-order valence-corrected chi connectivity index (χ4v) is 12.2. The number of hydrogen-bond donors (Lipinski definition) is 0. The van der Waals surface area contributed by atoms with Gasteiger partial charge in [-0.3, -0.25) is 4.57 Å². The highest BCUT2D eigenvalue weighted by molar-refractivity contribution is 6.26. The Bertz CT molecular complexity index is 4520. The van der Waals surface area contributed by atoms with Crippen LogP contribution in [-0.2, 0) is 5.41 Å². The second-order valence-corrected chi connectivity index (χ2v) is 19.5. The monoisotopic (exact) mass is 905 g/mol. The summed E-state index contributed by atoms with van der Waals surface area (Å²) in [6.45, 7) is 4.64. The van der Waals surface area contributed by atoms with Gasteiger partial charge in [-0.05, 0) is 108 Å². The standard InChI is InChI=1S/C66H43N5/c1-66(2)57-31-13-10-26-49(57)52-29-17-30-53(62(52)66)64-67-63(40-18-4-3-5-19-40)68-65(69-64)71-59-33-15-12-28-51(59)56-38-55-50-27-11-14-32-58(50)70(60(55)39-61(56)71)43-21-16-20-41(36-43)42-34-35-48-46-24-7-6-22-44(46)45-23-8-9-25-47(45)54(48)37-42/h3-39H,1-2H3. The summed E-state index contributed by atoms with van der Waals surface area (Å²) in [7, 11) is 0. The zero-order chi connectivity index (χ0) is 47.0. The molecule has 3 heterocycles. The first-order chi connectivity index (χ1) is 35.0. The topological polar surface area (TPSA) is 48.5 Å². The third-order valence-corrected chi connectivity index (χ3v) is 15.3. The van der Waals surface area contributed by atoms with Gasteiger partial charge in [0, 0.05) is 43.8 Å². The fraction of sp³-hybridized carbons (Fsp3) is 0.0455. The van der Waals surface area contributed by atoms with Crippen LogP contribution in [0.3, 0.4) is 0 Å². The molecule has 1 aliphatic carbocycles. The van der Waals surface area contributed by atoms with Crippen LogP contribution in [-0.4, -0.2) is 24.1 Å². The van der Waals surface area contributed by atoms with Crippen molar-refractivity contribution in [1.29, 1.82) is 0 Å². The molecule has 3 aromatic heterocycles. The molecule has 0 atom stereocenters. The number of fused-ring (bicyclic) bond motifs is 15. The zero-order valence-electron chi connectivity index (χ0n) is 39.1. The fourth-order valence-electron chi connectivity index (χ4n) is 12.2. The molecule has 1 aliphatic rings. The minimum Gasteiger partial charge on any atom is -0.309 e. The van der Waals surface area contributed by atoms with Crippen molar-refractivity contribution in [3.05, 3.63) is 236 Å². The molecule has 332 valence electrons. The van der Waals surface area contributed by atoms with E-state index in [9.17, 15) is 0 Å². The molecule has 0 N–H and O–H groups in total. The Morgan fingerprint density at radius 2 is 0.831 bits per heavy atom. The maximum Gasteiger partial charge on any atom is 0.238 e. The largest absolute Gasteiger partial charge is 0.309 e. The lowest BCUT2D eigenvalue weighted by atomic mass is 9.80. The predicted octanol–water partition coefficient (Wildman–Crippen LogP) is 16.8. The van der Waals surface area contributed by atoms with Gasteiger partial charge in [-0.15, -0.1) is 0 Å². The second kappa shape index (κ2) is 14.9. The molecule has 5 nitrogen and oxygen atoms in total. The predicted molar refractivity (Wildman–Crippen MR) is 295 cm³/mol. The Morgan fingerprint density at radius 1 is 0.310 bits per heavy atom. The van der Waals surface area contributed by atoms with Gasteiger partial charge in [0.15, 0.2) is 11.6 Å². The number of para-hydroxylation sites is 2. The molecule has 0 spiro atoms. The van der Waals surface area contributed by atoms with E-state index in [1.165, 1.54) is 70.9 Å². The quantitative estimate of drug-likeness (QED) is 0.162. The van der Waals surface area contributed by atoms with Crippen LogP contribution < -0.4 is 0 Å². The molecule has 71 heavy (non-hydrogen) atoms. The maximum absolute atomic E-state index is 5.52. The third kappa shape index (κ3) is 5.78. The van der Waals surface area contributed by atoms with Crippen LogP contribution in [0.5, 0.6) is 0 Å². The summed E-state index contributed by atoms with van der Waals surface area (Å²) in [5, 5.41) is 12.3. The highest BCUT2D eigenvalue weighted by Gasteiger charge is 2.38. The molecule has 11 aromatic carbocycles. The summed E-state index contributed by atoms with van der Waals surface area (Å²) in [4.78, 5) is 16.2. The highest BCUT2D eigenvalue weighted by atomic mass is 15.2. The molecule has 0 amide bonds. The van der Waals surface area contributed by atoms with Gasteiger partial charge < -0.3 is 4.57 Å². The van der Waals surface area contributed by atoms with Gasteiger partial charge in [-0.25, -0.2) is 4.98 Å². The van der Waals surface area contributed by atoms with E-state index in [2.05, 4.69) is 229 Å². The Balaban J connectivity index is 0.961. The van der Waals surface area contributed by atoms with E-state index < -0.39 is 0 Å². The molecule has 0 saturated heterocycles. The number of benzene rings is 11. The van der Waals surface area contributed by atoms with Crippen molar-refractivity contribution in [2.75, 3.05) is 0 Å². The van der Waals surface area contributed by atoms with Crippen LogP contribution in [0.1, 0.15) is 25.0 Å². The summed E-state index contributed by atoms with van der Waals surface area (Å²) in [5.41, 5.74) is 14.5. The van der Waals surface area contributed by atoms with Crippen LogP contribution >= 0.6 is 0 Å². The van der Waals surface area contributed by atoms with Crippen molar-refractivity contribution in [2.24, 2.45) is 0 Å². The van der Waals surface area contributed by atoms with Gasteiger partial charge in [-0.1, -0.05) is 196 Å². The highest BCUT2D eigenvalue weighted by Crippen LogP contribution is 2.52. The van der Waals surface area contributed by atoms with Gasteiger partial charge in [0.1, 0.15) is 0 Å². The van der Waals surface area contributed by atoms with Crippen LogP contribution in [0, 0.1) is 0 Å². The van der Waals surface area contributed by atoms with Crippen molar-refractivity contribution >= 4 is 75.9 Å². The number of nitrogens with zero attached hydrogens (tertiary/aromatic N) is 5. The molecular weight excluding hydrogens is 863 g/mol. The van der Waals surface area contributed by atoms with Gasteiger partial charge in [-0.2, -0.15) is 9.97 Å². The second-order valence-electron chi connectivity index (χ2n) is 19.5. The lowest BCUT2D eigenvalue weighted by molar-refractivity contribution is 0.661. The van der Waals surface area contributed by atoms with Crippen molar-refractivity contribution in [3.8, 4) is 56.7 Å². The average Bonchev–Trinajstić information content (AvgIpc) is 4.02. The number of hydrogen-bond acceptors (Lipinski definition) is 3. The lowest BCUT2D eigenvalue weighted by Gasteiger charge is -2.24. The van der Waals surface area contributed by atoms with Crippen molar-refractivity contribution in [2.45, 2.75) is 19.3 Å². The summed E-state index contributed by atoms with van der Waals surface area (Å²) < 4.78 is 4.69. The average molecular weight is 906 g/mol. The molecule has 15 rings (SSSR count). The van der Waals surface area contributed by atoms with Crippen LogP contribution in [0.2, 0.25) is 0 Å². The zero-order valence-corrected chi connectivity index (χ0v) is 39.1. The number of aromatic nitrogens is 5. The molecule has 0 fully saturated rings. The van der Waals surface area contributed by atoms with E-state index in [1.54, 1.807) is 0 Å². The lowest BCUT2D eigenvalue weighted by Crippen LogP contribution is -2.17. The Hall–Kier alpha value is -9.19. The Kier molecular flexibility index (Phi) is 8.35. The summed E-state index contributed by atoms with van der Waals surface area (Å²) in [5.74, 6) is 1.86. The van der Waals surface area contributed by atoms with Gasteiger partial charge in [0.25, 0.3) is 0 Å². The van der Waals surface area contributed by atoms with Crippen LogP contribution in [0.4, 0.5) is 0 Å². The first-order valence-electron chi connectivity index (χ1n) is 24.4. The Morgan fingerprint density at radius 3 is 1.56 bits per heavy atom. The molecule has 0 aliphatic heterocycles. The minimum atomic E-state index is -0.261. The molecule has 0 bridgehead atoms. The van der Waals surface area contributed by atoms with E-state index in [4.69, 9.17) is 15.0 Å². The van der Waals surface area contributed by atoms with E-state index >= 15 is 0 Å². The smallest absolute Gasteiger partial charge is 0.238 e. The molecule has 0 unspecified atom stereocenters. The number of rotatable bonds is 5.